The Hall–Kier alpha value is -3.23. The summed E-state index contributed by atoms with van der Waals surface area (Å²) in [4.78, 5) is 31.0. The molecule has 0 unspecified atom stereocenters. The monoisotopic (exact) mass is 372 g/mol. The van der Waals surface area contributed by atoms with Crippen LogP contribution in [0, 0.1) is 22.5 Å². The molecular weight excluding hydrogens is 348 g/mol. The standard InChI is InChI=1S/C18H24N6O3/c1-11-6-7-12(17(25)19-5)8-13(11)23-16-14(24(26)27)15(21-10-22-16)20-9-18(2,3)4/h6-8,10H,9H2,1-5H3,(H,19,25)(H2,20,21,22,23). The maximum atomic E-state index is 11.9. The third kappa shape index (κ3) is 5.13. The number of hydrogen-bond acceptors (Lipinski definition) is 7. The number of aryl methyl sites for hydroxylation is 1. The zero-order valence-electron chi connectivity index (χ0n) is 16.1. The van der Waals surface area contributed by atoms with Crippen LogP contribution in [0.3, 0.4) is 0 Å². The molecule has 0 saturated carbocycles. The number of hydrogen-bond donors (Lipinski definition) is 3. The van der Waals surface area contributed by atoms with Crippen molar-refractivity contribution in [2.45, 2.75) is 27.7 Å². The highest BCUT2D eigenvalue weighted by Gasteiger charge is 2.24. The van der Waals surface area contributed by atoms with Crippen LogP contribution < -0.4 is 16.0 Å². The summed E-state index contributed by atoms with van der Waals surface area (Å²) in [5, 5.41) is 20.2. The van der Waals surface area contributed by atoms with E-state index in [-0.39, 0.29) is 28.6 Å². The second-order valence-corrected chi connectivity index (χ2v) is 7.32. The van der Waals surface area contributed by atoms with Crippen LogP contribution in [-0.2, 0) is 0 Å². The van der Waals surface area contributed by atoms with E-state index >= 15 is 0 Å². The lowest BCUT2D eigenvalue weighted by Gasteiger charge is -2.19. The first-order valence-electron chi connectivity index (χ1n) is 8.45. The van der Waals surface area contributed by atoms with Crippen molar-refractivity contribution in [3.8, 4) is 0 Å². The van der Waals surface area contributed by atoms with E-state index in [0.29, 0.717) is 17.8 Å². The zero-order valence-corrected chi connectivity index (χ0v) is 16.1. The van der Waals surface area contributed by atoms with Gasteiger partial charge in [-0.25, -0.2) is 9.97 Å². The van der Waals surface area contributed by atoms with Crippen molar-refractivity contribution in [1.29, 1.82) is 0 Å². The molecule has 144 valence electrons. The molecule has 2 aromatic rings. The van der Waals surface area contributed by atoms with Crippen LogP contribution in [-0.4, -0.2) is 34.4 Å². The molecule has 9 nitrogen and oxygen atoms in total. The predicted octanol–water partition coefficient (Wildman–Crippen LogP) is 3.25. The highest BCUT2D eigenvalue weighted by molar-refractivity contribution is 5.95. The summed E-state index contributed by atoms with van der Waals surface area (Å²) in [6, 6.07) is 5.07. The molecule has 1 amide bonds. The van der Waals surface area contributed by atoms with Crippen LogP contribution in [0.5, 0.6) is 0 Å². The Kier molecular flexibility index (Phi) is 5.94. The van der Waals surface area contributed by atoms with Crippen molar-refractivity contribution in [2.24, 2.45) is 5.41 Å². The number of anilines is 3. The predicted molar refractivity (Wildman–Crippen MR) is 104 cm³/mol. The van der Waals surface area contributed by atoms with Crippen LogP contribution >= 0.6 is 0 Å². The van der Waals surface area contributed by atoms with Gasteiger partial charge in [-0.2, -0.15) is 0 Å². The molecular formula is C18H24N6O3. The highest BCUT2D eigenvalue weighted by atomic mass is 16.6. The molecule has 1 aromatic heterocycles. The average molecular weight is 372 g/mol. The molecule has 0 spiro atoms. The van der Waals surface area contributed by atoms with Gasteiger partial charge < -0.3 is 16.0 Å². The Morgan fingerprint density at radius 3 is 2.48 bits per heavy atom. The molecule has 0 fully saturated rings. The normalized spacial score (nSPS) is 11.0. The van der Waals surface area contributed by atoms with Gasteiger partial charge in [-0.05, 0) is 30.0 Å². The summed E-state index contributed by atoms with van der Waals surface area (Å²) in [6.07, 6.45) is 1.26. The fourth-order valence-electron chi connectivity index (χ4n) is 2.29. The topological polar surface area (TPSA) is 122 Å². The number of amides is 1. The Morgan fingerprint density at radius 1 is 1.22 bits per heavy atom. The number of carbonyl (C=O) groups excluding carboxylic acids is 1. The lowest BCUT2D eigenvalue weighted by molar-refractivity contribution is -0.383. The van der Waals surface area contributed by atoms with Gasteiger partial charge in [0.1, 0.15) is 6.33 Å². The minimum Gasteiger partial charge on any atom is -0.364 e. The lowest BCUT2D eigenvalue weighted by Crippen LogP contribution is -2.20. The molecule has 1 heterocycles. The summed E-state index contributed by atoms with van der Waals surface area (Å²) < 4.78 is 0. The molecule has 0 aliphatic heterocycles. The van der Waals surface area contributed by atoms with Gasteiger partial charge in [0.2, 0.25) is 11.6 Å². The first-order chi connectivity index (χ1) is 12.6. The summed E-state index contributed by atoms with van der Waals surface area (Å²) in [5.41, 5.74) is 1.49. The van der Waals surface area contributed by atoms with E-state index in [1.54, 1.807) is 18.2 Å². The van der Waals surface area contributed by atoms with E-state index in [2.05, 4.69) is 25.9 Å². The van der Waals surface area contributed by atoms with Crippen molar-refractivity contribution >= 4 is 28.9 Å². The minimum absolute atomic E-state index is 0.0589. The van der Waals surface area contributed by atoms with Crippen LogP contribution in [0.2, 0.25) is 0 Å². The van der Waals surface area contributed by atoms with Gasteiger partial charge in [-0.1, -0.05) is 26.8 Å². The van der Waals surface area contributed by atoms with Gasteiger partial charge in [-0.15, -0.1) is 0 Å². The molecule has 0 bridgehead atoms. The second kappa shape index (κ2) is 7.98. The fourth-order valence-corrected chi connectivity index (χ4v) is 2.29. The van der Waals surface area contributed by atoms with Crippen LogP contribution in [0.15, 0.2) is 24.5 Å². The number of nitro groups is 1. The summed E-state index contributed by atoms with van der Waals surface area (Å²) in [6.45, 7) is 8.39. The number of benzene rings is 1. The molecule has 0 saturated heterocycles. The summed E-state index contributed by atoms with van der Waals surface area (Å²) in [7, 11) is 1.54. The summed E-state index contributed by atoms with van der Waals surface area (Å²) >= 11 is 0. The van der Waals surface area contributed by atoms with Gasteiger partial charge in [-0.3, -0.25) is 14.9 Å². The van der Waals surface area contributed by atoms with Crippen molar-refractivity contribution in [1.82, 2.24) is 15.3 Å². The quantitative estimate of drug-likeness (QED) is 0.525. The first kappa shape index (κ1) is 20.1. The molecule has 0 aliphatic carbocycles. The largest absolute Gasteiger partial charge is 0.364 e. The van der Waals surface area contributed by atoms with Gasteiger partial charge in [0.25, 0.3) is 5.91 Å². The van der Waals surface area contributed by atoms with E-state index in [4.69, 9.17) is 0 Å². The second-order valence-electron chi connectivity index (χ2n) is 7.32. The lowest BCUT2D eigenvalue weighted by atomic mass is 9.97. The fraction of sp³-hybridized carbons (Fsp3) is 0.389. The molecule has 2 rings (SSSR count). The third-order valence-corrected chi connectivity index (χ3v) is 3.77. The average Bonchev–Trinajstić information content (AvgIpc) is 2.60. The molecule has 0 radical (unpaired) electrons. The maximum absolute atomic E-state index is 11.9. The smallest absolute Gasteiger partial charge is 0.353 e. The van der Waals surface area contributed by atoms with Crippen LogP contribution in [0.25, 0.3) is 0 Å². The van der Waals surface area contributed by atoms with Gasteiger partial charge in [0, 0.05) is 24.8 Å². The zero-order chi connectivity index (χ0) is 20.2. The highest BCUT2D eigenvalue weighted by Crippen LogP contribution is 2.32. The Bertz CT molecular complexity index is 861. The van der Waals surface area contributed by atoms with Crippen LogP contribution in [0.4, 0.5) is 23.0 Å². The van der Waals surface area contributed by atoms with Crippen LogP contribution in [0.1, 0.15) is 36.7 Å². The number of carbonyl (C=O) groups is 1. The van der Waals surface area contributed by atoms with E-state index in [0.717, 1.165) is 5.56 Å². The van der Waals surface area contributed by atoms with E-state index < -0.39 is 4.92 Å². The number of nitrogens with zero attached hydrogens (tertiary/aromatic N) is 3. The number of nitrogens with one attached hydrogen (secondary N) is 3. The number of rotatable bonds is 6. The Balaban J connectivity index is 2.42. The third-order valence-electron chi connectivity index (χ3n) is 3.77. The molecule has 0 atom stereocenters. The van der Waals surface area contributed by atoms with E-state index in [1.165, 1.54) is 13.4 Å². The molecule has 0 aliphatic rings. The van der Waals surface area contributed by atoms with Crippen molar-refractivity contribution < 1.29 is 9.72 Å². The SMILES string of the molecule is CNC(=O)c1ccc(C)c(Nc2ncnc(NCC(C)(C)C)c2[N+](=O)[O-])c1. The molecule has 1 aromatic carbocycles. The van der Waals surface area contributed by atoms with Crippen molar-refractivity contribution in [3.05, 3.63) is 45.8 Å². The summed E-state index contributed by atoms with van der Waals surface area (Å²) in [5.74, 6) is -0.0427. The van der Waals surface area contributed by atoms with Crippen molar-refractivity contribution in [2.75, 3.05) is 24.2 Å². The molecule has 9 heteroatoms. The molecule has 27 heavy (non-hydrogen) atoms. The van der Waals surface area contributed by atoms with Gasteiger partial charge in [0.05, 0.1) is 4.92 Å². The number of aromatic nitrogens is 2. The Labute approximate surface area is 157 Å². The van der Waals surface area contributed by atoms with E-state index in [9.17, 15) is 14.9 Å². The van der Waals surface area contributed by atoms with E-state index in [1.807, 2.05) is 27.7 Å². The van der Waals surface area contributed by atoms with Crippen molar-refractivity contribution in [3.63, 3.8) is 0 Å². The molecule has 3 N–H and O–H groups in total. The Morgan fingerprint density at radius 2 is 1.89 bits per heavy atom. The van der Waals surface area contributed by atoms with Gasteiger partial charge >= 0.3 is 5.69 Å². The maximum Gasteiger partial charge on any atom is 0.353 e. The minimum atomic E-state index is -0.523. The van der Waals surface area contributed by atoms with Gasteiger partial charge in [0.15, 0.2) is 0 Å². The first-order valence-corrected chi connectivity index (χ1v) is 8.45.